The van der Waals surface area contributed by atoms with Crippen LogP contribution in [-0.2, 0) is 4.74 Å². The molecule has 1 heterocycles. The third-order valence-electron chi connectivity index (χ3n) is 2.86. The minimum atomic E-state index is -1.06. The first kappa shape index (κ1) is 8.44. The van der Waals surface area contributed by atoms with Crippen molar-refractivity contribution < 1.29 is 20.1 Å². The number of hydrogen-bond donors (Lipinski definition) is 3. The first-order valence-corrected chi connectivity index (χ1v) is 4.29. The maximum absolute atomic E-state index is 9.52. The fourth-order valence-electron chi connectivity index (χ4n) is 1.82. The van der Waals surface area contributed by atoms with Gasteiger partial charge in [-0.2, -0.15) is 0 Å². The molecule has 0 aromatic heterocycles. The van der Waals surface area contributed by atoms with Gasteiger partial charge < -0.3 is 20.1 Å². The Morgan fingerprint density at radius 1 is 1.17 bits per heavy atom. The molecule has 1 spiro atoms. The molecule has 2 rings (SSSR count). The molecule has 1 aliphatic heterocycles. The zero-order chi connectivity index (χ0) is 8.93. The highest BCUT2D eigenvalue weighted by atomic mass is 16.6. The molecule has 2 fully saturated rings. The van der Waals surface area contributed by atoms with Crippen LogP contribution < -0.4 is 0 Å². The van der Waals surface area contributed by atoms with Gasteiger partial charge in [0, 0.05) is 0 Å². The molecule has 1 unspecified atom stereocenters. The average Bonchev–Trinajstić information content (AvgIpc) is 2.79. The van der Waals surface area contributed by atoms with E-state index in [4.69, 9.17) is 4.74 Å². The number of hydrogen-bond acceptors (Lipinski definition) is 4. The van der Waals surface area contributed by atoms with E-state index in [-0.39, 0.29) is 6.10 Å². The van der Waals surface area contributed by atoms with Crippen molar-refractivity contribution in [2.24, 2.45) is 0 Å². The molecule has 4 atom stereocenters. The highest BCUT2D eigenvalue weighted by molar-refractivity contribution is 5.09. The highest BCUT2D eigenvalue weighted by Crippen LogP contribution is 2.48. The van der Waals surface area contributed by atoms with Crippen LogP contribution in [0.3, 0.4) is 0 Å². The van der Waals surface area contributed by atoms with Crippen molar-refractivity contribution in [3.63, 3.8) is 0 Å². The lowest BCUT2D eigenvalue weighted by atomic mass is 9.94. The Labute approximate surface area is 70.8 Å². The molecule has 0 bridgehead atoms. The molecule has 0 amide bonds. The van der Waals surface area contributed by atoms with Gasteiger partial charge in [-0.15, -0.1) is 0 Å². The molecule has 1 saturated heterocycles. The van der Waals surface area contributed by atoms with E-state index in [1.807, 2.05) is 0 Å². The number of aliphatic hydroxyl groups excluding tert-OH is 3. The predicted molar refractivity (Wildman–Crippen MR) is 40.5 cm³/mol. The lowest BCUT2D eigenvalue weighted by Gasteiger charge is -2.39. The van der Waals surface area contributed by atoms with Gasteiger partial charge in [-0.3, -0.25) is 0 Å². The molecule has 2 aliphatic rings. The smallest absolute Gasteiger partial charge is 0.111 e. The Bertz CT molecular complexity index is 189. The van der Waals surface area contributed by atoms with E-state index in [9.17, 15) is 15.3 Å². The van der Waals surface area contributed by atoms with Crippen LogP contribution in [0.1, 0.15) is 19.8 Å². The molecule has 4 heteroatoms. The van der Waals surface area contributed by atoms with Crippen LogP contribution in [0.2, 0.25) is 0 Å². The summed E-state index contributed by atoms with van der Waals surface area (Å²) in [6.45, 7) is 1.71. The van der Waals surface area contributed by atoms with E-state index in [0.717, 1.165) is 12.8 Å². The average molecular weight is 174 g/mol. The molecular weight excluding hydrogens is 160 g/mol. The third-order valence-corrected chi connectivity index (χ3v) is 2.86. The fourth-order valence-corrected chi connectivity index (χ4v) is 1.82. The molecule has 1 aliphatic carbocycles. The number of rotatable bonds is 0. The van der Waals surface area contributed by atoms with E-state index in [2.05, 4.69) is 0 Å². The number of ether oxygens (including phenoxy) is 1. The largest absolute Gasteiger partial charge is 0.388 e. The van der Waals surface area contributed by atoms with Crippen LogP contribution in [0.4, 0.5) is 0 Å². The van der Waals surface area contributed by atoms with Gasteiger partial charge in [0.05, 0.1) is 11.7 Å². The summed E-state index contributed by atoms with van der Waals surface area (Å²) in [6, 6.07) is 0. The van der Waals surface area contributed by atoms with Crippen molar-refractivity contribution in [2.75, 3.05) is 0 Å². The summed E-state index contributed by atoms with van der Waals surface area (Å²) in [7, 11) is 0. The SMILES string of the molecule is C[C@@H]1OC2(CC2)C(O)[C@H](O)[C@@H]1O. The summed E-state index contributed by atoms with van der Waals surface area (Å²) >= 11 is 0. The number of aliphatic hydroxyl groups is 3. The molecule has 3 N–H and O–H groups in total. The second-order valence-electron chi connectivity index (χ2n) is 3.81. The molecular formula is C8H14O4. The van der Waals surface area contributed by atoms with Crippen molar-refractivity contribution in [1.29, 1.82) is 0 Å². The minimum Gasteiger partial charge on any atom is -0.388 e. The van der Waals surface area contributed by atoms with Gasteiger partial charge in [-0.05, 0) is 19.8 Å². The van der Waals surface area contributed by atoms with Crippen molar-refractivity contribution in [3.8, 4) is 0 Å². The Balaban J connectivity index is 2.15. The van der Waals surface area contributed by atoms with Crippen LogP contribution in [0.15, 0.2) is 0 Å². The van der Waals surface area contributed by atoms with E-state index in [1.54, 1.807) is 6.92 Å². The molecule has 0 aromatic rings. The van der Waals surface area contributed by atoms with Gasteiger partial charge >= 0.3 is 0 Å². The maximum Gasteiger partial charge on any atom is 0.111 e. The fraction of sp³-hybridized carbons (Fsp3) is 1.00. The Morgan fingerprint density at radius 3 is 2.25 bits per heavy atom. The van der Waals surface area contributed by atoms with Gasteiger partial charge in [0.15, 0.2) is 0 Å². The predicted octanol–water partition coefficient (Wildman–Crippen LogP) is -0.980. The van der Waals surface area contributed by atoms with Crippen LogP contribution in [0.25, 0.3) is 0 Å². The van der Waals surface area contributed by atoms with E-state index >= 15 is 0 Å². The van der Waals surface area contributed by atoms with Gasteiger partial charge in [0.25, 0.3) is 0 Å². The Morgan fingerprint density at radius 2 is 1.75 bits per heavy atom. The molecule has 4 nitrogen and oxygen atoms in total. The van der Waals surface area contributed by atoms with Gasteiger partial charge in [0.1, 0.15) is 18.3 Å². The Kier molecular flexibility index (Phi) is 1.70. The Hall–Kier alpha value is -0.160. The van der Waals surface area contributed by atoms with Crippen LogP contribution in [0.5, 0.6) is 0 Å². The topological polar surface area (TPSA) is 69.9 Å². The summed E-state index contributed by atoms with van der Waals surface area (Å²) in [4.78, 5) is 0. The molecule has 0 radical (unpaired) electrons. The van der Waals surface area contributed by atoms with Gasteiger partial charge in [-0.25, -0.2) is 0 Å². The van der Waals surface area contributed by atoms with E-state index in [1.165, 1.54) is 0 Å². The van der Waals surface area contributed by atoms with Crippen LogP contribution >= 0.6 is 0 Å². The van der Waals surface area contributed by atoms with Crippen LogP contribution in [0, 0.1) is 0 Å². The van der Waals surface area contributed by atoms with Crippen molar-refractivity contribution >= 4 is 0 Å². The summed E-state index contributed by atoms with van der Waals surface area (Å²) in [5.41, 5.74) is -0.544. The standard InChI is InChI=1S/C8H14O4/c1-4-5(9)6(10)7(11)8(12-4)2-3-8/h4-7,9-11H,2-3H2,1H3/t4-,5+,6+,7?/m0/s1. The van der Waals surface area contributed by atoms with Crippen LogP contribution in [-0.4, -0.2) is 45.3 Å². The summed E-state index contributed by atoms with van der Waals surface area (Å²) in [5, 5.41) is 28.3. The minimum absolute atomic E-state index is 0.383. The third kappa shape index (κ3) is 0.992. The van der Waals surface area contributed by atoms with E-state index in [0.29, 0.717) is 0 Å². The lowest BCUT2D eigenvalue weighted by Crippen LogP contribution is -2.57. The van der Waals surface area contributed by atoms with Crippen molar-refractivity contribution in [2.45, 2.75) is 49.8 Å². The summed E-state index contributed by atoms with van der Waals surface area (Å²) < 4.78 is 5.42. The molecule has 0 aromatic carbocycles. The quantitative estimate of drug-likeness (QED) is 0.441. The summed E-state index contributed by atoms with van der Waals surface area (Å²) in [5.74, 6) is 0. The monoisotopic (exact) mass is 174 g/mol. The second kappa shape index (κ2) is 2.42. The first-order chi connectivity index (χ1) is 5.57. The maximum atomic E-state index is 9.52. The van der Waals surface area contributed by atoms with E-state index < -0.39 is 23.9 Å². The van der Waals surface area contributed by atoms with Gasteiger partial charge in [-0.1, -0.05) is 0 Å². The zero-order valence-electron chi connectivity index (χ0n) is 6.97. The second-order valence-corrected chi connectivity index (χ2v) is 3.81. The zero-order valence-corrected chi connectivity index (χ0v) is 6.97. The van der Waals surface area contributed by atoms with Crippen molar-refractivity contribution in [1.82, 2.24) is 0 Å². The molecule has 1 saturated carbocycles. The molecule has 12 heavy (non-hydrogen) atoms. The molecule has 70 valence electrons. The lowest BCUT2D eigenvalue weighted by molar-refractivity contribution is -0.228. The van der Waals surface area contributed by atoms with Gasteiger partial charge in [0.2, 0.25) is 0 Å². The summed E-state index contributed by atoms with van der Waals surface area (Å²) in [6.07, 6.45) is -1.78. The first-order valence-electron chi connectivity index (χ1n) is 4.29. The highest BCUT2D eigenvalue weighted by Gasteiger charge is 2.59. The van der Waals surface area contributed by atoms with Crippen molar-refractivity contribution in [3.05, 3.63) is 0 Å². The normalized spacial score (nSPS) is 51.0.